The summed E-state index contributed by atoms with van der Waals surface area (Å²) in [7, 11) is 0. The Morgan fingerprint density at radius 2 is 1.87 bits per heavy atom. The van der Waals surface area contributed by atoms with E-state index < -0.39 is 0 Å². The van der Waals surface area contributed by atoms with Crippen LogP contribution in [0.25, 0.3) is 0 Å². The van der Waals surface area contributed by atoms with Crippen LogP contribution >= 0.6 is 28.1 Å². The molecule has 0 aliphatic heterocycles. The predicted molar refractivity (Wildman–Crippen MR) is 73.5 cm³/mol. The SMILES string of the molecule is CCNC(=S)Nc1c(C)cc(Br)cc1C. The average molecular weight is 287 g/mol. The van der Waals surface area contributed by atoms with Crippen molar-refractivity contribution in [2.45, 2.75) is 20.8 Å². The molecule has 82 valence electrons. The fourth-order valence-corrected chi connectivity index (χ4v) is 2.36. The van der Waals surface area contributed by atoms with E-state index in [9.17, 15) is 0 Å². The van der Waals surface area contributed by atoms with Crippen LogP contribution in [-0.4, -0.2) is 11.7 Å². The molecule has 0 atom stereocenters. The molecule has 0 amide bonds. The van der Waals surface area contributed by atoms with Crippen molar-refractivity contribution in [3.63, 3.8) is 0 Å². The number of aryl methyl sites for hydroxylation is 2. The first-order valence-electron chi connectivity index (χ1n) is 4.86. The van der Waals surface area contributed by atoms with Gasteiger partial charge in [0.1, 0.15) is 0 Å². The maximum atomic E-state index is 5.15. The zero-order chi connectivity index (χ0) is 11.4. The van der Waals surface area contributed by atoms with Gasteiger partial charge in [-0.2, -0.15) is 0 Å². The third-order valence-electron chi connectivity index (χ3n) is 2.07. The fraction of sp³-hybridized carbons (Fsp3) is 0.364. The van der Waals surface area contributed by atoms with Crippen LogP contribution in [-0.2, 0) is 0 Å². The van der Waals surface area contributed by atoms with Gasteiger partial charge in [0.2, 0.25) is 0 Å². The highest BCUT2D eigenvalue weighted by molar-refractivity contribution is 9.10. The van der Waals surface area contributed by atoms with Gasteiger partial charge in [-0.1, -0.05) is 15.9 Å². The maximum absolute atomic E-state index is 5.15. The lowest BCUT2D eigenvalue weighted by atomic mass is 10.1. The van der Waals surface area contributed by atoms with Gasteiger partial charge in [0.25, 0.3) is 0 Å². The highest BCUT2D eigenvalue weighted by Crippen LogP contribution is 2.24. The molecule has 0 aliphatic rings. The van der Waals surface area contributed by atoms with Crippen LogP contribution in [0.5, 0.6) is 0 Å². The molecule has 2 N–H and O–H groups in total. The molecule has 0 spiro atoms. The van der Waals surface area contributed by atoms with Gasteiger partial charge in [-0.05, 0) is 56.2 Å². The molecule has 1 aromatic carbocycles. The van der Waals surface area contributed by atoms with E-state index in [2.05, 4.69) is 52.5 Å². The van der Waals surface area contributed by atoms with Crippen molar-refractivity contribution in [2.24, 2.45) is 0 Å². The van der Waals surface area contributed by atoms with E-state index in [0.717, 1.165) is 16.7 Å². The lowest BCUT2D eigenvalue weighted by Gasteiger charge is -2.14. The fourth-order valence-electron chi connectivity index (χ4n) is 1.43. The minimum absolute atomic E-state index is 0.672. The van der Waals surface area contributed by atoms with Gasteiger partial charge in [0.15, 0.2) is 5.11 Å². The number of hydrogen-bond donors (Lipinski definition) is 2. The summed E-state index contributed by atoms with van der Waals surface area (Å²) in [6.45, 7) is 6.99. The van der Waals surface area contributed by atoms with Gasteiger partial charge in [-0.15, -0.1) is 0 Å². The number of benzene rings is 1. The summed E-state index contributed by atoms with van der Waals surface area (Å²) in [4.78, 5) is 0. The van der Waals surface area contributed by atoms with Crippen molar-refractivity contribution >= 4 is 38.9 Å². The van der Waals surface area contributed by atoms with Gasteiger partial charge in [-0.3, -0.25) is 0 Å². The normalized spacial score (nSPS) is 9.87. The monoisotopic (exact) mass is 286 g/mol. The Morgan fingerprint density at radius 1 is 1.33 bits per heavy atom. The molecule has 4 heteroatoms. The number of halogens is 1. The third kappa shape index (κ3) is 3.47. The quantitative estimate of drug-likeness (QED) is 0.815. The van der Waals surface area contributed by atoms with Crippen molar-refractivity contribution in [3.8, 4) is 0 Å². The summed E-state index contributed by atoms with van der Waals surface area (Å²) in [6, 6.07) is 4.15. The zero-order valence-corrected chi connectivity index (χ0v) is 11.6. The van der Waals surface area contributed by atoms with Crippen LogP contribution in [0.4, 0.5) is 5.69 Å². The first kappa shape index (κ1) is 12.5. The van der Waals surface area contributed by atoms with Crippen LogP contribution in [0.2, 0.25) is 0 Å². The van der Waals surface area contributed by atoms with Gasteiger partial charge in [0.05, 0.1) is 0 Å². The van der Waals surface area contributed by atoms with Crippen molar-refractivity contribution in [1.82, 2.24) is 5.32 Å². The molecular weight excluding hydrogens is 272 g/mol. The molecular formula is C11H15BrN2S. The number of nitrogens with one attached hydrogen (secondary N) is 2. The van der Waals surface area contributed by atoms with Crippen LogP contribution in [0.1, 0.15) is 18.1 Å². The summed E-state index contributed by atoms with van der Waals surface area (Å²) >= 11 is 8.62. The van der Waals surface area contributed by atoms with E-state index >= 15 is 0 Å². The van der Waals surface area contributed by atoms with E-state index in [1.165, 1.54) is 11.1 Å². The third-order valence-corrected chi connectivity index (χ3v) is 2.78. The van der Waals surface area contributed by atoms with E-state index in [1.807, 2.05) is 6.92 Å². The van der Waals surface area contributed by atoms with Gasteiger partial charge in [-0.25, -0.2) is 0 Å². The Kier molecular flexibility index (Phi) is 4.54. The summed E-state index contributed by atoms with van der Waals surface area (Å²) in [5.74, 6) is 0. The Bertz CT molecular complexity index is 354. The molecule has 0 bridgehead atoms. The number of hydrogen-bond acceptors (Lipinski definition) is 1. The molecule has 1 rings (SSSR count). The van der Waals surface area contributed by atoms with Crippen molar-refractivity contribution in [1.29, 1.82) is 0 Å². The second-order valence-electron chi connectivity index (χ2n) is 3.40. The maximum Gasteiger partial charge on any atom is 0.170 e. The lowest BCUT2D eigenvalue weighted by Crippen LogP contribution is -2.28. The molecule has 0 unspecified atom stereocenters. The molecule has 0 saturated heterocycles. The predicted octanol–water partition coefficient (Wildman–Crippen LogP) is 3.37. The zero-order valence-electron chi connectivity index (χ0n) is 9.15. The van der Waals surface area contributed by atoms with Crippen molar-refractivity contribution in [3.05, 3.63) is 27.7 Å². The van der Waals surface area contributed by atoms with Crippen LogP contribution in [0.15, 0.2) is 16.6 Å². The van der Waals surface area contributed by atoms with Crippen LogP contribution in [0.3, 0.4) is 0 Å². The molecule has 0 fully saturated rings. The standard InChI is InChI=1S/C11H15BrN2S/c1-4-13-11(15)14-10-7(2)5-9(12)6-8(10)3/h5-6H,4H2,1-3H3,(H2,13,14,15). The van der Waals surface area contributed by atoms with Crippen LogP contribution in [0, 0.1) is 13.8 Å². The van der Waals surface area contributed by atoms with Crippen LogP contribution < -0.4 is 10.6 Å². The molecule has 0 heterocycles. The van der Waals surface area contributed by atoms with Gasteiger partial charge in [0, 0.05) is 16.7 Å². The average Bonchev–Trinajstić information content (AvgIpc) is 2.11. The smallest absolute Gasteiger partial charge is 0.170 e. The summed E-state index contributed by atoms with van der Waals surface area (Å²) in [5, 5.41) is 6.95. The second kappa shape index (κ2) is 5.47. The molecule has 0 saturated carbocycles. The molecule has 0 aliphatic carbocycles. The Morgan fingerprint density at radius 3 is 2.33 bits per heavy atom. The Hall–Kier alpha value is -0.610. The molecule has 0 radical (unpaired) electrons. The van der Waals surface area contributed by atoms with E-state index in [4.69, 9.17) is 12.2 Å². The first-order valence-corrected chi connectivity index (χ1v) is 6.06. The summed E-state index contributed by atoms with van der Waals surface area (Å²) in [6.07, 6.45) is 0. The minimum Gasteiger partial charge on any atom is -0.363 e. The first-order chi connectivity index (χ1) is 7.04. The molecule has 0 aromatic heterocycles. The topological polar surface area (TPSA) is 24.1 Å². The minimum atomic E-state index is 0.672. The van der Waals surface area contributed by atoms with Gasteiger partial charge >= 0.3 is 0 Å². The molecule has 1 aromatic rings. The van der Waals surface area contributed by atoms with E-state index in [-0.39, 0.29) is 0 Å². The highest BCUT2D eigenvalue weighted by Gasteiger charge is 2.05. The summed E-state index contributed by atoms with van der Waals surface area (Å²) in [5.41, 5.74) is 3.45. The number of rotatable bonds is 2. The second-order valence-corrected chi connectivity index (χ2v) is 4.72. The molecule has 15 heavy (non-hydrogen) atoms. The summed E-state index contributed by atoms with van der Waals surface area (Å²) < 4.78 is 1.09. The lowest BCUT2D eigenvalue weighted by molar-refractivity contribution is 0.979. The van der Waals surface area contributed by atoms with Crippen molar-refractivity contribution in [2.75, 3.05) is 11.9 Å². The number of thiocarbonyl (C=S) groups is 1. The van der Waals surface area contributed by atoms with Crippen molar-refractivity contribution < 1.29 is 0 Å². The van der Waals surface area contributed by atoms with E-state index in [1.54, 1.807) is 0 Å². The number of anilines is 1. The molecule has 2 nitrogen and oxygen atoms in total. The Balaban J connectivity index is 2.90. The highest BCUT2D eigenvalue weighted by atomic mass is 79.9. The largest absolute Gasteiger partial charge is 0.363 e. The van der Waals surface area contributed by atoms with Gasteiger partial charge < -0.3 is 10.6 Å². The Labute approximate surface area is 105 Å². The van der Waals surface area contributed by atoms with E-state index in [0.29, 0.717) is 5.11 Å².